The van der Waals surface area contributed by atoms with E-state index in [-0.39, 0.29) is 0 Å². The Labute approximate surface area is 107 Å². The fraction of sp³-hybridized carbons (Fsp3) is 0.357. The van der Waals surface area contributed by atoms with Crippen LogP contribution < -0.4 is 10.2 Å². The average Bonchev–Trinajstić information content (AvgIpc) is 2.79. The molecule has 0 aliphatic carbocycles. The maximum atomic E-state index is 5.28. The second kappa shape index (κ2) is 4.37. The zero-order chi connectivity index (χ0) is 12.5. The summed E-state index contributed by atoms with van der Waals surface area (Å²) in [5.41, 5.74) is 3.44. The molecule has 0 radical (unpaired) electrons. The highest BCUT2D eigenvalue weighted by Crippen LogP contribution is 2.32. The van der Waals surface area contributed by atoms with E-state index in [0.29, 0.717) is 6.04 Å². The van der Waals surface area contributed by atoms with Crippen molar-refractivity contribution in [3.05, 3.63) is 42.1 Å². The summed E-state index contributed by atoms with van der Waals surface area (Å²) in [6, 6.07) is 8.83. The second-order valence-electron chi connectivity index (χ2n) is 4.73. The molecule has 0 saturated carbocycles. The van der Waals surface area contributed by atoms with Crippen molar-refractivity contribution in [2.45, 2.75) is 26.4 Å². The monoisotopic (exact) mass is 243 g/mol. The van der Waals surface area contributed by atoms with Crippen LogP contribution in [0.5, 0.6) is 0 Å². The van der Waals surface area contributed by atoms with E-state index in [1.807, 2.05) is 6.92 Å². The van der Waals surface area contributed by atoms with Crippen molar-refractivity contribution in [1.82, 2.24) is 4.98 Å². The number of fused-ring (bicyclic) bond motifs is 1. The van der Waals surface area contributed by atoms with E-state index in [2.05, 4.69) is 46.4 Å². The molecule has 4 heteroatoms. The number of aromatic nitrogens is 1. The zero-order valence-electron chi connectivity index (χ0n) is 10.7. The fourth-order valence-corrected chi connectivity index (χ4v) is 2.36. The molecule has 0 saturated heterocycles. The molecule has 1 N–H and O–H groups in total. The first kappa shape index (κ1) is 11.1. The van der Waals surface area contributed by atoms with Crippen LogP contribution in [0.3, 0.4) is 0 Å². The van der Waals surface area contributed by atoms with Gasteiger partial charge >= 0.3 is 0 Å². The number of oxazole rings is 1. The third-order valence-electron chi connectivity index (χ3n) is 3.50. The minimum Gasteiger partial charge on any atom is -0.448 e. The average molecular weight is 243 g/mol. The maximum absolute atomic E-state index is 5.28. The Morgan fingerprint density at radius 2 is 2.28 bits per heavy atom. The van der Waals surface area contributed by atoms with Crippen molar-refractivity contribution >= 4 is 11.4 Å². The van der Waals surface area contributed by atoms with Crippen LogP contribution in [0, 0.1) is 6.92 Å². The molecule has 0 spiro atoms. The highest BCUT2D eigenvalue weighted by molar-refractivity contribution is 5.72. The highest BCUT2D eigenvalue weighted by Gasteiger charge is 2.23. The molecular formula is C14H17N3O. The van der Waals surface area contributed by atoms with E-state index in [1.165, 1.54) is 17.8 Å². The lowest BCUT2D eigenvalue weighted by Gasteiger charge is -2.37. The van der Waals surface area contributed by atoms with Gasteiger partial charge in [0, 0.05) is 12.6 Å². The predicted molar refractivity (Wildman–Crippen MR) is 71.8 cm³/mol. The number of nitrogens with zero attached hydrogens (tertiary/aromatic N) is 2. The fourth-order valence-electron chi connectivity index (χ4n) is 2.36. The van der Waals surface area contributed by atoms with Gasteiger partial charge in [-0.2, -0.15) is 0 Å². The number of para-hydroxylation sites is 2. The normalized spacial score (nSPS) is 18.3. The molecule has 2 aromatic rings. The van der Waals surface area contributed by atoms with Crippen LogP contribution in [0.2, 0.25) is 0 Å². The van der Waals surface area contributed by atoms with Crippen molar-refractivity contribution in [1.29, 1.82) is 0 Å². The summed E-state index contributed by atoms with van der Waals surface area (Å²) < 4.78 is 5.28. The lowest BCUT2D eigenvalue weighted by atomic mass is 10.1. The van der Waals surface area contributed by atoms with Gasteiger partial charge in [-0.05, 0) is 26.0 Å². The Bertz CT molecular complexity index is 549. The molecule has 94 valence electrons. The van der Waals surface area contributed by atoms with Crippen molar-refractivity contribution < 1.29 is 4.42 Å². The van der Waals surface area contributed by atoms with Gasteiger partial charge in [-0.25, -0.2) is 4.98 Å². The zero-order valence-corrected chi connectivity index (χ0v) is 10.7. The van der Waals surface area contributed by atoms with Gasteiger partial charge in [0.05, 0.1) is 17.9 Å². The highest BCUT2D eigenvalue weighted by atomic mass is 16.3. The van der Waals surface area contributed by atoms with Gasteiger partial charge < -0.3 is 14.6 Å². The second-order valence-corrected chi connectivity index (χ2v) is 4.73. The van der Waals surface area contributed by atoms with Crippen LogP contribution in [0.25, 0.3) is 0 Å². The Morgan fingerprint density at radius 1 is 1.44 bits per heavy atom. The Balaban J connectivity index is 1.93. The van der Waals surface area contributed by atoms with Gasteiger partial charge in [0.1, 0.15) is 11.5 Å². The van der Waals surface area contributed by atoms with Crippen LogP contribution in [-0.2, 0) is 6.54 Å². The Kier molecular flexibility index (Phi) is 2.70. The van der Waals surface area contributed by atoms with E-state index in [4.69, 9.17) is 4.42 Å². The van der Waals surface area contributed by atoms with Crippen molar-refractivity contribution in [3.63, 3.8) is 0 Å². The van der Waals surface area contributed by atoms with Gasteiger partial charge in [-0.3, -0.25) is 0 Å². The van der Waals surface area contributed by atoms with E-state index >= 15 is 0 Å². The quantitative estimate of drug-likeness (QED) is 0.880. The van der Waals surface area contributed by atoms with Crippen LogP contribution in [0.1, 0.15) is 18.4 Å². The number of benzene rings is 1. The topological polar surface area (TPSA) is 41.3 Å². The van der Waals surface area contributed by atoms with Crippen LogP contribution in [-0.4, -0.2) is 17.6 Å². The van der Waals surface area contributed by atoms with E-state index in [9.17, 15) is 0 Å². The minimum absolute atomic E-state index is 0.441. The maximum Gasteiger partial charge on any atom is 0.181 e. The van der Waals surface area contributed by atoms with Gasteiger partial charge in [0.15, 0.2) is 6.39 Å². The smallest absolute Gasteiger partial charge is 0.181 e. The first-order valence-corrected chi connectivity index (χ1v) is 6.24. The number of aryl methyl sites for hydroxylation is 1. The molecule has 1 aliphatic rings. The largest absolute Gasteiger partial charge is 0.448 e. The molecule has 0 bridgehead atoms. The standard InChI is InChI=1S/C14H17N3O/c1-10-7-15-12-5-3-4-6-14(12)17(10)8-13-11(2)18-9-16-13/h3-6,9-10,15H,7-8H2,1-2H3. The molecule has 4 nitrogen and oxygen atoms in total. The Hall–Kier alpha value is -1.97. The predicted octanol–water partition coefficient (Wildman–Crippen LogP) is 2.80. The number of hydrogen-bond acceptors (Lipinski definition) is 4. The molecule has 0 amide bonds. The summed E-state index contributed by atoms with van der Waals surface area (Å²) in [7, 11) is 0. The molecule has 1 aromatic carbocycles. The molecule has 1 aliphatic heterocycles. The van der Waals surface area contributed by atoms with E-state index in [1.54, 1.807) is 0 Å². The van der Waals surface area contributed by atoms with Gasteiger partial charge in [0.2, 0.25) is 0 Å². The first-order chi connectivity index (χ1) is 8.75. The van der Waals surface area contributed by atoms with Crippen LogP contribution in [0.4, 0.5) is 11.4 Å². The first-order valence-electron chi connectivity index (χ1n) is 6.24. The molecule has 3 rings (SSSR count). The minimum atomic E-state index is 0.441. The summed E-state index contributed by atoms with van der Waals surface area (Å²) in [5.74, 6) is 0.901. The molecule has 1 aromatic heterocycles. The third-order valence-corrected chi connectivity index (χ3v) is 3.50. The van der Waals surface area contributed by atoms with Crippen LogP contribution >= 0.6 is 0 Å². The summed E-state index contributed by atoms with van der Waals surface area (Å²) in [5, 5.41) is 3.45. The van der Waals surface area contributed by atoms with E-state index in [0.717, 1.165) is 24.5 Å². The molecule has 1 unspecified atom stereocenters. The molecule has 1 atom stereocenters. The summed E-state index contributed by atoms with van der Waals surface area (Å²) in [6.45, 7) is 5.93. The lowest BCUT2D eigenvalue weighted by Crippen LogP contribution is -2.41. The van der Waals surface area contributed by atoms with Gasteiger partial charge in [0.25, 0.3) is 0 Å². The van der Waals surface area contributed by atoms with Gasteiger partial charge in [-0.1, -0.05) is 12.1 Å². The summed E-state index contributed by atoms with van der Waals surface area (Å²) >= 11 is 0. The number of nitrogens with one attached hydrogen (secondary N) is 1. The summed E-state index contributed by atoms with van der Waals surface area (Å²) in [6.07, 6.45) is 1.52. The van der Waals surface area contributed by atoms with Crippen molar-refractivity contribution in [2.24, 2.45) is 0 Å². The molecule has 0 fully saturated rings. The number of anilines is 2. The van der Waals surface area contributed by atoms with Crippen molar-refractivity contribution in [3.8, 4) is 0 Å². The van der Waals surface area contributed by atoms with Crippen LogP contribution in [0.15, 0.2) is 35.1 Å². The number of hydrogen-bond donors (Lipinski definition) is 1. The Morgan fingerprint density at radius 3 is 3.06 bits per heavy atom. The molecule has 2 heterocycles. The number of rotatable bonds is 2. The molecule has 18 heavy (non-hydrogen) atoms. The van der Waals surface area contributed by atoms with Gasteiger partial charge in [-0.15, -0.1) is 0 Å². The van der Waals surface area contributed by atoms with Crippen molar-refractivity contribution in [2.75, 3.05) is 16.8 Å². The summed E-state index contributed by atoms with van der Waals surface area (Å²) in [4.78, 5) is 6.66. The van der Waals surface area contributed by atoms with E-state index < -0.39 is 0 Å². The SMILES string of the molecule is Cc1ocnc1CN1c2ccccc2NCC1C. The third kappa shape index (κ3) is 1.83. The molecular weight excluding hydrogens is 226 g/mol. The lowest BCUT2D eigenvalue weighted by molar-refractivity contribution is 0.522.